The number of fused-ring (bicyclic) bond motifs is 2. The molecular weight excluding hydrogens is 364 g/mol. The van der Waals surface area contributed by atoms with Crippen LogP contribution < -0.4 is 11.0 Å². The zero-order valence-corrected chi connectivity index (χ0v) is 16.5. The van der Waals surface area contributed by atoms with Gasteiger partial charge in [0.05, 0.1) is 16.6 Å². The van der Waals surface area contributed by atoms with Crippen molar-refractivity contribution in [2.24, 2.45) is 5.10 Å². The first kappa shape index (κ1) is 19.1. The van der Waals surface area contributed by atoms with E-state index in [1.165, 1.54) is 0 Å². The smallest absolute Gasteiger partial charge is 0.271 e. The summed E-state index contributed by atoms with van der Waals surface area (Å²) in [5, 5.41) is 4.94. The molecule has 29 heavy (non-hydrogen) atoms. The van der Waals surface area contributed by atoms with Crippen molar-refractivity contribution in [3.8, 4) is 0 Å². The zero-order valence-electron chi connectivity index (χ0n) is 16.5. The standard InChI is InChI=1S/C23H24N4O2/c1-2-3-10-19(16-8-5-4-6-9-16)25-26-22(28)17-12-13-18-20(15-17)24-21-11-7-14-27(21)23(18)29/h4-6,8-9,12-13,15H,2-3,7,10-11,14H2,1H3,(H,26,28)/b25-19-. The molecule has 3 aromatic rings. The summed E-state index contributed by atoms with van der Waals surface area (Å²) in [6.07, 6.45) is 4.57. The van der Waals surface area contributed by atoms with Crippen LogP contribution in [0.5, 0.6) is 0 Å². The van der Waals surface area contributed by atoms with Gasteiger partial charge in [-0.15, -0.1) is 0 Å². The highest BCUT2D eigenvalue weighted by molar-refractivity contribution is 6.03. The molecule has 1 aromatic heterocycles. The minimum atomic E-state index is -0.306. The van der Waals surface area contributed by atoms with E-state index in [1.54, 1.807) is 22.8 Å². The maximum Gasteiger partial charge on any atom is 0.271 e. The minimum absolute atomic E-state index is 0.0293. The van der Waals surface area contributed by atoms with Crippen LogP contribution in [0.25, 0.3) is 10.9 Å². The molecule has 0 bridgehead atoms. The molecule has 2 aromatic carbocycles. The summed E-state index contributed by atoms with van der Waals surface area (Å²) in [5.41, 5.74) is 5.52. The van der Waals surface area contributed by atoms with Gasteiger partial charge in [-0.05, 0) is 43.0 Å². The maximum absolute atomic E-state index is 12.7. The van der Waals surface area contributed by atoms with E-state index in [9.17, 15) is 9.59 Å². The monoisotopic (exact) mass is 388 g/mol. The van der Waals surface area contributed by atoms with Gasteiger partial charge >= 0.3 is 0 Å². The molecule has 0 aliphatic carbocycles. The first-order valence-electron chi connectivity index (χ1n) is 10.1. The van der Waals surface area contributed by atoms with Crippen molar-refractivity contribution in [1.29, 1.82) is 0 Å². The molecular formula is C23H24N4O2. The Morgan fingerprint density at radius 1 is 1.17 bits per heavy atom. The number of nitrogens with zero attached hydrogens (tertiary/aromatic N) is 3. The van der Waals surface area contributed by atoms with Crippen molar-refractivity contribution < 1.29 is 4.79 Å². The molecule has 1 N–H and O–H groups in total. The van der Waals surface area contributed by atoms with E-state index >= 15 is 0 Å². The molecule has 6 heteroatoms. The van der Waals surface area contributed by atoms with Gasteiger partial charge < -0.3 is 0 Å². The fourth-order valence-corrected chi connectivity index (χ4v) is 3.65. The highest BCUT2D eigenvalue weighted by Crippen LogP contribution is 2.16. The van der Waals surface area contributed by atoms with Gasteiger partial charge in [-0.3, -0.25) is 14.2 Å². The normalized spacial score (nSPS) is 13.5. The molecule has 1 aliphatic rings. The Morgan fingerprint density at radius 3 is 2.79 bits per heavy atom. The third kappa shape index (κ3) is 3.97. The first-order chi connectivity index (χ1) is 14.2. The third-order valence-electron chi connectivity index (χ3n) is 5.25. The first-order valence-corrected chi connectivity index (χ1v) is 10.1. The molecule has 6 nitrogen and oxygen atoms in total. The summed E-state index contributed by atoms with van der Waals surface area (Å²) in [6.45, 7) is 2.84. The van der Waals surface area contributed by atoms with E-state index in [-0.39, 0.29) is 11.5 Å². The zero-order chi connectivity index (χ0) is 20.2. The van der Waals surface area contributed by atoms with E-state index in [1.807, 2.05) is 30.3 Å². The number of aryl methyl sites for hydroxylation is 1. The molecule has 0 unspecified atom stereocenters. The van der Waals surface area contributed by atoms with Gasteiger partial charge in [0, 0.05) is 18.5 Å². The minimum Gasteiger partial charge on any atom is -0.296 e. The van der Waals surface area contributed by atoms with Crippen LogP contribution in [0.1, 0.15) is 54.4 Å². The van der Waals surface area contributed by atoms with E-state index in [0.717, 1.165) is 49.2 Å². The van der Waals surface area contributed by atoms with E-state index in [0.29, 0.717) is 23.0 Å². The third-order valence-corrected chi connectivity index (χ3v) is 5.25. The van der Waals surface area contributed by atoms with Crippen LogP contribution in [0.4, 0.5) is 0 Å². The predicted octanol–water partition coefficient (Wildman–Crippen LogP) is 3.67. The fourth-order valence-electron chi connectivity index (χ4n) is 3.65. The van der Waals surface area contributed by atoms with E-state index < -0.39 is 0 Å². The van der Waals surface area contributed by atoms with E-state index in [2.05, 4.69) is 22.4 Å². The van der Waals surface area contributed by atoms with Crippen molar-refractivity contribution in [1.82, 2.24) is 15.0 Å². The average molecular weight is 388 g/mol. The van der Waals surface area contributed by atoms with Crippen LogP contribution in [0.2, 0.25) is 0 Å². The van der Waals surface area contributed by atoms with Crippen LogP contribution in [-0.2, 0) is 13.0 Å². The van der Waals surface area contributed by atoms with Crippen molar-refractivity contribution in [3.63, 3.8) is 0 Å². The largest absolute Gasteiger partial charge is 0.296 e. The van der Waals surface area contributed by atoms with Gasteiger partial charge in [0.15, 0.2) is 0 Å². The molecule has 0 spiro atoms. The number of hydrogen-bond donors (Lipinski definition) is 1. The Labute approximate surface area is 169 Å². The summed E-state index contributed by atoms with van der Waals surface area (Å²) < 4.78 is 1.73. The topological polar surface area (TPSA) is 76.3 Å². The van der Waals surface area contributed by atoms with Gasteiger partial charge in [-0.1, -0.05) is 43.7 Å². The van der Waals surface area contributed by atoms with Crippen LogP contribution in [-0.4, -0.2) is 21.2 Å². The molecule has 2 heterocycles. The number of carbonyl (C=O) groups is 1. The molecule has 4 rings (SSSR count). The predicted molar refractivity (Wildman–Crippen MR) is 114 cm³/mol. The Hall–Kier alpha value is -3.28. The van der Waals surface area contributed by atoms with Gasteiger partial charge in [0.2, 0.25) is 0 Å². The second-order valence-corrected chi connectivity index (χ2v) is 7.29. The summed E-state index contributed by atoms with van der Waals surface area (Å²) in [4.78, 5) is 29.9. The SMILES string of the molecule is CCCC/C(=N/NC(=O)c1ccc2c(=O)n3c(nc2c1)CCC3)c1ccccc1. The number of benzene rings is 2. The number of hydrazone groups is 1. The quantitative estimate of drug-likeness (QED) is 0.517. The number of unbranched alkanes of at least 4 members (excludes halogenated alkanes) is 1. The Morgan fingerprint density at radius 2 is 2.00 bits per heavy atom. The summed E-state index contributed by atoms with van der Waals surface area (Å²) in [5.74, 6) is 0.489. The molecule has 148 valence electrons. The lowest BCUT2D eigenvalue weighted by molar-refractivity contribution is 0.0955. The highest BCUT2D eigenvalue weighted by atomic mass is 16.2. The number of carbonyl (C=O) groups excluding carboxylic acids is 1. The molecule has 1 amide bonds. The van der Waals surface area contributed by atoms with Crippen LogP contribution in [0.3, 0.4) is 0 Å². The Kier molecular flexibility index (Phi) is 5.51. The second-order valence-electron chi connectivity index (χ2n) is 7.29. The molecule has 0 radical (unpaired) electrons. The number of aromatic nitrogens is 2. The second kappa shape index (κ2) is 8.39. The van der Waals surface area contributed by atoms with Crippen molar-refractivity contribution in [2.45, 2.75) is 45.6 Å². The van der Waals surface area contributed by atoms with Crippen LogP contribution >= 0.6 is 0 Å². The van der Waals surface area contributed by atoms with Gasteiger partial charge in [0.25, 0.3) is 11.5 Å². The van der Waals surface area contributed by atoms with Gasteiger partial charge in [-0.2, -0.15) is 5.10 Å². The van der Waals surface area contributed by atoms with Crippen LogP contribution in [0.15, 0.2) is 58.4 Å². The number of nitrogens with one attached hydrogen (secondary N) is 1. The lowest BCUT2D eigenvalue weighted by Crippen LogP contribution is -2.22. The molecule has 0 saturated carbocycles. The van der Waals surface area contributed by atoms with Crippen molar-refractivity contribution >= 4 is 22.5 Å². The average Bonchev–Trinajstić information content (AvgIpc) is 3.23. The van der Waals surface area contributed by atoms with Crippen molar-refractivity contribution in [3.05, 3.63) is 75.8 Å². The summed E-state index contributed by atoms with van der Waals surface area (Å²) in [6, 6.07) is 14.9. The lowest BCUT2D eigenvalue weighted by Gasteiger charge is -2.08. The highest BCUT2D eigenvalue weighted by Gasteiger charge is 2.17. The summed E-state index contributed by atoms with van der Waals surface area (Å²) >= 11 is 0. The Bertz CT molecular complexity index is 1130. The molecule has 0 atom stereocenters. The summed E-state index contributed by atoms with van der Waals surface area (Å²) in [7, 11) is 0. The number of rotatable bonds is 6. The van der Waals surface area contributed by atoms with E-state index in [4.69, 9.17) is 0 Å². The molecule has 1 aliphatic heterocycles. The van der Waals surface area contributed by atoms with Gasteiger partial charge in [0.1, 0.15) is 5.82 Å². The van der Waals surface area contributed by atoms with Crippen molar-refractivity contribution in [2.75, 3.05) is 0 Å². The fraction of sp³-hybridized carbons (Fsp3) is 0.304. The number of amides is 1. The van der Waals surface area contributed by atoms with Crippen LogP contribution in [0, 0.1) is 0 Å². The maximum atomic E-state index is 12.7. The lowest BCUT2D eigenvalue weighted by atomic mass is 10.1. The molecule has 0 saturated heterocycles. The Balaban J connectivity index is 1.60. The van der Waals surface area contributed by atoms with Gasteiger partial charge in [-0.25, -0.2) is 10.4 Å². The number of hydrogen-bond acceptors (Lipinski definition) is 4. The molecule has 0 fully saturated rings.